The number of rotatable bonds is 2. The van der Waals surface area contributed by atoms with E-state index in [2.05, 4.69) is 5.32 Å². The molecule has 0 aliphatic carbocycles. The molecule has 1 atom stereocenters. The molecule has 2 amide bonds. The lowest BCUT2D eigenvalue weighted by Crippen LogP contribution is -2.38. The molecule has 1 rings (SSSR count). The quantitative estimate of drug-likeness (QED) is 0.667. The molecule has 0 aromatic heterocycles. The van der Waals surface area contributed by atoms with E-state index in [1.54, 1.807) is 19.0 Å². The predicted molar refractivity (Wildman–Crippen MR) is 52.7 cm³/mol. The zero-order valence-electron chi connectivity index (χ0n) is 8.71. The summed E-state index contributed by atoms with van der Waals surface area (Å²) in [6.45, 7) is 2.82. The summed E-state index contributed by atoms with van der Waals surface area (Å²) in [5.41, 5.74) is 0. The zero-order valence-corrected chi connectivity index (χ0v) is 8.71. The average molecular weight is 185 g/mol. The van der Waals surface area contributed by atoms with Crippen LogP contribution in [0.3, 0.4) is 0 Å². The van der Waals surface area contributed by atoms with Gasteiger partial charge in [0.1, 0.15) is 0 Å². The molecule has 1 saturated heterocycles. The topological polar surface area (TPSA) is 35.6 Å². The minimum Gasteiger partial charge on any atom is -0.331 e. The highest BCUT2D eigenvalue weighted by molar-refractivity contribution is 5.74. The van der Waals surface area contributed by atoms with Crippen molar-refractivity contribution in [1.82, 2.24) is 15.1 Å². The number of urea groups is 1. The van der Waals surface area contributed by atoms with E-state index in [1.807, 2.05) is 11.9 Å². The van der Waals surface area contributed by atoms with Gasteiger partial charge in [0.25, 0.3) is 0 Å². The summed E-state index contributed by atoms with van der Waals surface area (Å²) in [7, 11) is 5.55. The molecule has 4 heteroatoms. The molecule has 1 aliphatic heterocycles. The molecule has 0 aromatic carbocycles. The molecule has 0 radical (unpaired) electrons. The Kier molecular flexibility index (Phi) is 3.54. The second-order valence-electron chi connectivity index (χ2n) is 3.84. The molecule has 0 aromatic rings. The normalized spacial score (nSPS) is 22.1. The maximum atomic E-state index is 11.5. The highest BCUT2D eigenvalue weighted by atomic mass is 16.2. The van der Waals surface area contributed by atoms with Gasteiger partial charge in [-0.25, -0.2) is 4.79 Å². The summed E-state index contributed by atoms with van der Waals surface area (Å²) in [4.78, 5) is 15.1. The number of carbonyl (C=O) groups is 1. The third-order valence-electron chi connectivity index (χ3n) is 2.43. The van der Waals surface area contributed by atoms with Crippen LogP contribution in [-0.2, 0) is 0 Å². The van der Waals surface area contributed by atoms with Gasteiger partial charge in [0.2, 0.25) is 0 Å². The first-order valence-electron chi connectivity index (χ1n) is 4.76. The van der Waals surface area contributed by atoms with Gasteiger partial charge >= 0.3 is 6.03 Å². The summed E-state index contributed by atoms with van der Waals surface area (Å²) in [6.07, 6.45) is 1.13. The summed E-state index contributed by atoms with van der Waals surface area (Å²) in [5.74, 6) is 0.633. The van der Waals surface area contributed by atoms with Crippen molar-refractivity contribution in [2.75, 3.05) is 40.8 Å². The molecule has 4 nitrogen and oxygen atoms in total. The largest absolute Gasteiger partial charge is 0.331 e. The highest BCUT2D eigenvalue weighted by Crippen LogP contribution is 2.15. The number of amides is 2. The van der Waals surface area contributed by atoms with Crippen LogP contribution in [0.4, 0.5) is 4.79 Å². The molecule has 1 N–H and O–H groups in total. The summed E-state index contributed by atoms with van der Waals surface area (Å²) >= 11 is 0. The molecular weight excluding hydrogens is 166 g/mol. The van der Waals surface area contributed by atoms with Crippen LogP contribution < -0.4 is 5.32 Å². The Balaban J connectivity index is 2.36. The van der Waals surface area contributed by atoms with E-state index >= 15 is 0 Å². The molecule has 0 spiro atoms. The second kappa shape index (κ2) is 4.46. The Morgan fingerprint density at radius 2 is 2.31 bits per heavy atom. The average Bonchev–Trinajstić information content (AvgIpc) is 2.52. The maximum Gasteiger partial charge on any atom is 0.319 e. The Morgan fingerprint density at radius 3 is 2.85 bits per heavy atom. The third kappa shape index (κ3) is 2.59. The van der Waals surface area contributed by atoms with Gasteiger partial charge in [-0.15, -0.1) is 0 Å². The van der Waals surface area contributed by atoms with Crippen molar-refractivity contribution in [3.05, 3.63) is 0 Å². The first kappa shape index (κ1) is 10.3. The predicted octanol–water partition coefficient (Wildman–Crippen LogP) is 0.209. The van der Waals surface area contributed by atoms with E-state index in [1.165, 1.54) is 0 Å². The van der Waals surface area contributed by atoms with E-state index in [9.17, 15) is 4.79 Å². The number of nitrogens with one attached hydrogen (secondary N) is 1. The fourth-order valence-electron chi connectivity index (χ4n) is 1.74. The van der Waals surface area contributed by atoms with Gasteiger partial charge in [-0.1, -0.05) is 0 Å². The van der Waals surface area contributed by atoms with E-state index in [0.29, 0.717) is 5.92 Å². The molecule has 0 bridgehead atoms. The Labute approximate surface area is 79.9 Å². The van der Waals surface area contributed by atoms with Crippen molar-refractivity contribution in [2.45, 2.75) is 6.42 Å². The van der Waals surface area contributed by atoms with Crippen molar-refractivity contribution >= 4 is 6.03 Å². The lowest BCUT2D eigenvalue weighted by Gasteiger charge is -2.21. The van der Waals surface area contributed by atoms with Crippen LogP contribution in [0.25, 0.3) is 0 Å². The number of nitrogens with zero attached hydrogens (tertiary/aromatic N) is 2. The number of carbonyl (C=O) groups excluding carboxylic acids is 1. The molecule has 13 heavy (non-hydrogen) atoms. The summed E-state index contributed by atoms with van der Waals surface area (Å²) in [6, 6.07) is 0.138. The van der Waals surface area contributed by atoms with Gasteiger partial charge in [-0.2, -0.15) is 0 Å². The van der Waals surface area contributed by atoms with Gasteiger partial charge in [-0.05, 0) is 25.9 Å². The fraction of sp³-hybridized carbons (Fsp3) is 0.889. The van der Waals surface area contributed by atoms with E-state index in [4.69, 9.17) is 0 Å². The highest BCUT2D eigenvalue weighted by Gasteiger charge is 2.26. The van der Waals surface area contributed by atoms with Gasteiger partial charge in [0.15, 0.2) is 0 Å². The SMILES string of the molecule is CNCC1CCN(C(=O)N(C)C)C1. The Hall–Kier alpha value is -0.770. The van der Waals surface area contributed by atoms with Crippen LogP contribution in [0.1, 0.15) is 6.42 Å². The number of likely N-dealkylation sites (tertiary alicyclic amines) is 1. The van der Waals surface area contributed by atoms with Crippen LogP contribution in [0.5, 0.6) is 0 Å². The Morgan fingerprint density at radius 1 is 1.62 bits per heavy atom. The van der Waals surface area contributed by atoms with Crippen LogP contribution in [0.15, 0.2) is 0 Å². The van der Waals surface area contributed by atoms with Crippen molar-refractivity contribution < 1.29 is 4.79 Å². The van der Waals surface area contributed by atoms with Gasteiger partial charge in [-0.3, -0.25) is 0 Å². The first-order valence-corrected chi connectivity index (χ1v) is 4.76. The van der Waals surface area contributed by atoms with Gasteiger partial charge < -0.3 is 15.1 Å². The number of hydrogen-bond acceptors (Lipinski definition) is 2. The van der Waals surface area contributed by atoms with E-state index < -0.39 is 0 Å². The van der Waals surface area contributed by atoms with Crippen molar-refractivity contribution in [2.24, 2.45) is 5.92 Å². The molecule has 0 saturated carbocycles. The number of hydrogen-bond donors (Lipinski definition) is 1. The lowest BCUT2D eigenvalue weighted by atomic mass is 10.1. The molecular formula is C9H19N3O. The molecule has 76 valence electrons. The van der Waals surface area contributed by atoms with Crippen molar-refractivity contribution in [3.8, 4) is 0 Å². The lowest BCUT2D eigenvalue weighted by molar-refractivity contribution is 0.180. The van der Waals surface area contributed by atoms with Crippen LogP contribution >= 0.6 is 0 Å². The standard InChI is InChI=1S/C9H19N3O/c1-10-6-8-4-5-12(7-8)9(13)11(2)3/h8,10H,4-7H2,1-3H3. The maximum absolute atomic E-state index is 11.5. The zero-order chi connectivity index (χ0) is 9.84. The molecule has 1 heterocycles. The van der Waals surface area contributed by atoms with Crippen molar-refractivity contribution in [3.63, 3.8) is 0 Å². The molecule has 1 aliphatic rings. The third-order valence-corrected chi connectivity index (χ3v) is 2.43. The van der Waals surface area contributed by atoms with Gasteiger partial charge in [0, 0.05) is 27.2 Å². The fourth-order valence-corrected chi connectivity index (χ4v) is 1.74. The molecule has 1 unspecified atom stereocenters. The van der Waals surface area contributed by atoms with Gasteiger partial charge in [0.05, 0.1) is 0 Å². The summed E-state index contributed by atoms with van der Waals surface area (Å²) < 4.78 is 0. The van der Waals surface area contributed by atoms with Crippen LogP contribution in [0, 0.1) is 5.92 Å². The minimum absolute atomic E-state index is 0.138. The Bertz CT molecular complexity index is 182. The van der Waals surface area contributed by atoms with Crippen LogP contribution in [0.2, 0.25) is 0 Å². The minimum atomic E-state index is 0.138. The van der Waals surface area contributed by atoms with E-state index in [0.717, 1.165) is 26.1 Å². The molecule has 1 fully saturated rings. The monoisotopic (exact) mass is 185 g/mol. The van der Waals surface area contributed by atoms with E-state index in [-0.39, 0.29) is 6.03 Å². The van der Waals surface area contributed by atoms with Crippen LogP contribution in [-0.4, -0.2) is 56.6 Å². The first-order chi connectivity index (χ1) is 6.15. The summed E-state index contributed by atoms with van der Waals surface area (Å²) in [5, 5.41) is 3.15. The second-order valence-corrected chi connectivity index (χ2v) is 3.84. The smallest absolute Gasteiger partial charge is 0.319 e. The van der Waals surface area contributed by atoms with Crippen molar-refractivity contribution in [1.29, 1.82) is 0 Å².